The summed E-state index contributed by atoms with van der Waals surface area (Å²) >= 11 is 6.45. The Balaban J connectivity index is 1.76. The van der Waals surface area contributed by atoms with E-state index >= 15 is 0 Å². The molecule has 1 aliphatic rings. The topological polar surface area (TPSA) is 15.3 Å². The van der Waals surface area contributed by atoms with Gasteiger partial charge in [0.2, 0.25) is 0 Å². The van der Waals surface area contributed by atoms with Gasteiger partial charge in [0.15, 0.2) is 0 Å². The van der Waals surface area contributed by atoms with Gasteiger partial charge in [0.1, 0.15) is 0 Å². The largest absolute Gasteiger partial charge is 0.315 e. The van der Waals surface area contributed by atoms with E-state index in [-0.39, 0.29) is 0 Å². The van der Waals surface area contributed by atoms with Crippen LogP contribution in [-0.4, -0.2) is 31.1 Å². The molecule has 2 rings (SSSR count). The number of unbranched alkanes of at least 4 members (excludes halogenated alkanes) is 5. The van der Waals surface area contributed by atoms with Crippen LogP contribution >= 0.6 is 11.6 Å². The predicted octanol–water partition coefficient (Wildman–Crippen LogP) is 5.43. The van der Waals surface area contributed by atoms with Gasteiger partial charge in [-0.25, -0.2) is 0 Å². The Hall–Kier alpha value is -0.570. The third kappa shape index (κ3) is 6.45. The first kappa shape index (κ1) is 18.8. The van der Waals surface area contributed by atoms with Gasteiger partial charge in [-0.2, -0.15) is 0 Å². The molecule has 1 aliphatic heterocycles. The second-order valence-corrected chi connectivity index (χ2v) is 7.16. The van der Waals surface area contributed by atoms with Gasteiger partial charge in [0, 0.05) is 17.6 Å². The molecule has 1 atom stereocenters. The molecule has 0 bridgehead atoms. The molecule has 0 aromatic heterocycles. The van der Waals surface area contributed by atoms with Crippen LogP contribution in [0.2, 0.25) is 5.02 Å². The zero-order chi connectivity index (χ0) is 16.3. The maximum atomic E-state index is 6.45. The summed E-state index contributed by atoms with van der Waals surface area (Å²) in [4.78, 5) is 2.59. The van der Waals surface area contributed by atoms with E-state index < -0.39 is 0 Å². The molecule has 1 unspecified atom stereocenters. The van der Waals surface area contributed by atoms with Crippen molar-refractivity contribution in [2.45, 2.75) is 64.3 Å². The van der Waals surface area contributed by atoms with Crippen LogP contribution in [0.1, 0.15) is 69.9 Å². The summed E-state index contributed by atoms with van der Waals surface area (Å²) in [7, 11) is 0. The second-order valence-electron chi connectivity index (χ2n) is 6.75. The number of nitrogens with one attached hydrogen (secondary N) is 1. The van der Waals surface area contributed by atoms with E-state index in [4.69, 9.17) is 11.6 Å². The molecule has 0 amide bonds. The lowest BCUT2D eigenvalue weighted by molar-refractivity contribution is 0.238. The van der Waals surface area contributed by atoms with Crippen molar-refractivity contribution < 1.29 is 0 Å². The number of nitrogens with zero attached hydrogens (tertiary/aromatic N) is 1. The first-order valence-electron chi connectivity index (χ1n) is 9.52. The maximum Gasteiger partial charge on any atom is 0.0487 e. The van der Waals surface area contributed by atoms with E-state index in [1.807, 2.05) is 12.1 Å². The van der Waals surface area contributed by atoms with Crippen LogP contribution in [-0.2, 0) is 0 Å². The molecule has 1 aromatic carbocycles. The fourth-order valence-corrected chi connectivity index (χ4v) is 3.77. The van der Waals surface area contributed by atoms with Gasteiger partial charge in [-0.3, -0.25) is 4.90 Å². The predicted molar refractivity (Wildman–Crippen MR) is 101 cm³/mol. The smallest absolute Gasteiger partial charge is 0.0487 e. The summed E-state index contributed by atoms with van der Waals surface area (Å²) in [5.74, 6) is 0. The van der Waals surface area contributed by atoms with Crippen LogP contribution in [0.3, 0.4) is 0 Å². The standard InChI is InChI=1S/C20H33ClN2/c1-2-3-4-5-6-9-14-22-17-20(23-15-10-11-16-23)18-12-7-8-13-19(18)21/h7-8,12-13,20,22H,2-6,9-11,14-17H2,1H3. The van der Waals surface area contributed by atoms with Gasteiger partial charge >= 0.3 is 0 Å². The normalized spacial score (nSPS) is 16.8. The summed E-state index contributed by atoms with van der Waals surface area (Å²) < 4.78 is 0. The Morgan fingerprint density at radius 1 is 1.04 bits per heavy atom. The van der Waals surface area contributed by atoms with Crippen molar-refractivity contribution >= 4 is 11.6 Å². The molecule has 1 heterocycles. The van der Waals surface area contributed by atoms with E-state index in [0.29, 0.717) is 6.04 Å². The van der Waals surface area contributed by atoms with Crippen LogP contribution in [0, 0.1) is 0 Å². The number of benzene rings is 1. The van der Waals surface area contributed by atoms with Crippen molar-refractivity contribution in [1.82, 2.24) is 10.2 Å². The number of rotatable bonds is 11. The molecule has 1 fully saturated rings. The van der Waals surface area contributed by atoms with Crippen molar-refractivity contribution in [1.29, 1.82) is 0 Å². The highest BCUT2D eigenvalue weighted by molar-refractivity contribution is 6.31. The molecule has 1 aromatic rings. The summed E-state index contributed by atoms with van der Waals surface area (Å²) in [6.07, 6.45) is 10.8. The summed E-state index contributed by atoms with van der Waals surface area (Å²) in [6, 6.07) is 8.77. The van der Waals surface area contributed by atoms with Crippen molar-refractivity contribution in [3.05, 3.63) is 34.9 Å². The SMILES string of the molecule is CCCCCCCCNCC(c1ccccc1Cl)N1CCCC1. The third-order valence-corrected chi connectivity index (χ3v) is 5.23. The minimum atomic E-state index is 0.422. The van der Waals surface area contributed by atoms with Gasteiger partial charge in [-0.15, -0.1) is 0 Å². The van der Waals surface area contributed by atoms with Gasteiger partial charge < -0.3 is 5.32 Å². The minimum Gasteiger partial charge on any atom is -0.315 e. The molecule has 1 N–H and O–H groups in total. The van der Waals surface area contributed by atoms with E-state index in [2.05, 4.69) is 29.3 Å². The van der Waals surface area contributed by atoms with Crippen molar-refractivity contribution in [2.24, 2.45) is 0 Å². The van der Waals surface area contributed by atoms with Crippen molar-refractivity contribution in [2.75, 3.05) is 26.2 Å². The average molecular weight is 337 g/mol. The second kappa shape index (κ2) is 11.1. The number of hydrogen-bond donors (Lipinski definition) is 1. The molecule has 1 saturated heterocycles. The van der Waals surface area contributed by atoms with E-state index in [9.17, 15) is 0 Å². The number of likely N-dealkylation sites (tertiary alicyclic amines) is 1. The highest BCUT2D eigenvalue weighted by Crippen LogP contribution is 2.29. The summed E-state index contributed by atoms with van der Waals surface area (Å²) in [5.41, 5.74) is 1.28. The molecular weight excluding hydrogens is 304 g/mol. The van der Waals surface area contributed by atoms with Crippen LogP contribution in [0.4, 0.5) is 0 Å². The molecule has 3 heteroatoms. The van der Waals surface area contributed by atoms with Gasteiger partial charge in [-0.1, -0.05) is 68.8 Å². The van der Waals surface area contributed by atoms with Gasteiger partial charge in [0.25, 0.3) is 0 Å². The minimum absolute atomic E-state index is 0.422. The number of halogens is 1. The quantitative estimate of drug-likeness (QED) is 0.542. The Bertz CT molecular complexity index is 429. The van der Waals surface area contributed by atoms with E-state index in [1.54, 1.807) is 0 Å². The summed E-state index contributed by atoms with van der Waals surface area (Å²) in [6.45, 7) is 6.82. The average Bonchev–Trinajstić information content (AvgIpc) is 3.09. The monoisotopic (exact) mass is 336 g/mol. The first-order valence-corrected chi connectivity index (χ1v) is 9.90. The molecule has 0 radical (unpaired) electrons. The lowest BCUT2D eigenvalue weighted by Crippen LogP contribution is -2.34. The molecule has 23 heavy (non-hydrogen) atoms. The Labute approximate surface area is 147 Å². The Morgan fingerprint density at radius 3 is 2.48 bits per heavy atom. The van der Waals surface area contributed by atoms with Crippen molar-refractivity contribution in [3.8, 4) is 0 Å². The highest BCUT2D eigenvalue weighted by Gasteiger charge is 2.24. The van der Waals surface area contributed by atoms with Crippen LogP contribution in [0.15, 0.2) is 24.3 Å². The molecular formula is C20H33ClN2. The van der Waals surface area contributed by atoms with E-state index in [0.717, 1.165) is 18.1 Å². The van der Waals surface area contributed by atoms with Crippen LogP contribution < -0.4 is 5.32 Å². The maximum absolute atomic E-state index is 6.45. The fraction of sp³-hybridized carbons (Fsp3) is 0.700. The first-order chi connectivity index (χ1) is 11.3. The Kier molecular flexibility index (Phi) is 9.03. The van der Waals surface area contributed by atoms with Crippen LogP contribution in [0.25, 0.3) is 0 Å². The zero-order valence-corrected chi connectivity index (χ0v) is 15.5. The molecule has 2 nitrogen and oxygen atoms in total. The fourth-order valence-electron chi connectivity index (χ4n) is 3.50. The Morgan fingerprint density at radius 2 is 1.74 bits per heavy atom. The molecule has 0 spiro atoms. The molecule has 0 aliphatic carbocycles. The van der Waals surface area contributed by atoms with Crippen LogP contribution in [0.5, 0.6) is 0 Å². The van der Waals surface area contributed by atoms with Gasteiger partial charge in [0.05, 0.1) is 0 Å². The molecule has 0 saturated carbocycles. The highest BCUT2D eigenvalue weighted by atomic mass is 35.5. The van der Waals surface area contributed by atoms with E-state index in [1.165, 1.54) is 70.0 Å². The summed E-state index contributed by atoms with van der Waals surface area (Å²) in [5, 5.41) is 4.59. The zero-order valence-electron chi connectivity index (χ0n) is 14.7. The third-order valence-electron chi connectivity index (χ3n) is 4.89. The lowest BCUT2D eigenvalue weighted by Gasteiger charge is -2.29. The van der Waals surface area contributed by atoms with Gasteiger partial charge in [-0.05, 0) is 50.5 Å². The molecule has 130 valence electrons. The van der Waals surface area contributed by atoms with Crippen molar-refractivity contribution in [3.63, 3.8) is 0 Å². The lowest BCUT2D eigenvalue weighted by atomic mass is 10.1. The number of hydrogen-bond acceptors (Lipinski definition) is 2.